The van der Waals surface area contributed by atoms with E-state index in [9.17, 15) is 13.2 Å². The van der Waals surface area contributed by atoms with Crippen molar-refractivity contribution in [2.75, 3.05) is 18.1 Å². The Morgan fingerprint density at radius 2 is 1.89 bits per heavy atom. The SMILES string of the molecule is CC1CCN(c2ncccc2C(=O)NS(=O)(=O)c2cccc(OCCc3ccccc3)n2)C1(C)C. The first-order chi connectivity index (χ1) is 16.7. The van der Waals surface area contributed by atoms with Gasteiger partial charge in [-0.3, -0.25) is 4.79 Å². The van der Waals surface area contributed by atoms with Gasteiger partial charge in [0.2, 0.25) is 5.88 Å². The molecule has 1 N–H and O–H groups in total. The van der Waals surface area contributed by atoms with Crippen LogP contribution >= 0.6 is 0 Å². The van der Waals surface area contributed by atoms with Gasteiger partial charge in [0, 0.05) is 30.8 Å². The Labute approximate surface area is 206 Å². The Hall–Kier alpha value is -3.46. The number of hydrogen-bond donors (Lipinski definition) is 1. The van der Waals surface area contributed by atoms with Crippen molar-refractivity contribution >= 4 is 21.7 Å². The molecule has 3 heterocycles. The van der Waals surface area contributed by atoms with Gasteiger partial charge in [-0.05, 0) is 49.9 Å². The third kappa shape index (κ3) is 5.45. The summed E-state index contributed by atoms with van der Waals surface area (Å²) < 4.78 is 33.8. The van der Waals surface area contributed by atoms with Crippen LogP contribution in [0.15, 0.2) is 71.9 Å². The number of carbonyl (C=O) groups excluding carboxylic acids is 1. The van der Waals surface area contributed by atoms with Crippen LogP contribution in [0.5, 0.6) is 5.88 Å². The number of pyridine rings is 2. The molecule has 1 saturated heterocycles. The molecule has 9 heteroatoms. The van der Waals surface area contributed by atoms with E-state index in [0.29, 0.717) is 24.8 Å². The standard InChI is InChI=1S/C26H30N4O4S/c1-19-14-17-30(26(19,2)3)24-21(11-8-16-27-24)25(31)29-35(32,33)23-13-7-12-22(28-23)34-18-15-20-9-5-4-6-10-20/h4-13,16,19H,14-15,17-18H2,1-3H3,(H,29,31). The molecular weight excluding hydrogens is 464 g/mol. The van der Waals surface area contributed by atoms with E-state index in [0.717, 1.165) is 18.5 Å². The maximum Gasteiger partial charge on any atom is 0.281 e. The summed E-state index contributed by atoms with van der Waals surface area (Å²) in [7, 11) is -4.22. The van der Waals surface area contributed by atoms with Crippen LogP contribution in [0.1, 0.15) is 43.1 Å². The predicted octanol–water partition coefficient (Wildman–Crippen LogP) is 3.84. The van der Waals surface area contributed by atoms with Crippen molar-refractivity contribution in [3.8, 4) is 5.88 Å². The van der Waals surface area contributed by atoms with Crippen molar-refractivity contribution in [1.29, 1.82) is 0 Å². The minimum absolute atomic E-state index is 0.172. The van der Waals surface area contributed by atoms with Gasteiger partial charge in [0.25, 0.3) is 15.9 Å². The predicted molar refractivity (Wildman–Crippen MR) is 134 cm³/mol. The fourth-order valence-corrected chi connectivity index (χ4v) is 5.10. The monoisotopic (exact) mass is 494 g/mol. The van der Waals surface area contributed by atoms with Gasteiger partial charge < -0.3 is 9.64 Å². The lowest BCUT2D eigenvalue weighted by molar-refractivity contribution is 0.0981. The Balaban J connectivity index is 1.48. The lowest BCUT2D eigenvalue weighted by Gasteiger charge is -2.36. The van der Waals surface area contributed by atoms with Crippen LogP contribution in [0.3, 0.4) is 0 Å². The second-order valence-electron chi connectivity index (χ2n) is 9.20. The van der Waals surface area contributed by atoms with Crippen LogP contribution < -0.4 is 14.4 Å². The molecule has 1 atom stereocenters. The number of rotatable bonds is 8. The fraction of sp³-hybridized carbons (Fsp3) is 0.346. The van der Waals surface area contributed by atoms with Crippen LogP contribution in [-0.2, 0) is 16.4 Å². The highest BCUT2D eigenvalue weighted by Crippen LogP contribution is 2.38. The van der Waals surface area contributed by atoms with Gasteiger partial charge in [-0.25, -0.2) is 9.71 Å². The summed E-state index contributed by atoms with van der Waals surface area (Å²) in [5.41, 5.74) is 1.09. The number of anilines is 1. The van der Waals surface area contributed by atoms with Crippen molar-refractivity contribution in [3.63, 3.8) is 0 Å². The number of hydrogen-bond acceptors (Lipinski definition) is 7. The zero-order chi connectivity index (χ0) is 25.1. The van der Waals surface area contributed by atoms with Gasteiger partial charge in [-0.2, -0.15) is 13.4 Å². The van der Waals surface area contributed by atoms with Crippen LogP contribution in [0.4, 0.5) is 5.82 Å². The van der Waals surface area contributed by atoms with Crippen LogP contribution in [-0.4, -0.2) is 43.0 Å². The molecule has 35 heavy (non-hydrogen) atoms. The number of nitrogens with zero attached hydrogens (tertiary/aromatic N) is 3. The number of sulfonamides is 1. The molecule has 1 unspecified atom stereocenters. The Morgan fingerprint density at radius 1 is 1.11 bits per heavy atom. The minimum Gasteiger partial charge on any atom is -0.477 e. The number of aromatic nitrogens is 2. The van der Waals surface area contributed by atoms with Gasteiger partial charge in [0.15, 0.2) is 5.03 Å². The molecule has 1 amide bonds. The third-order valence-electron chi connectivity index (χ3n) is 6.66. The number of carbonyl (C=O) groups is 1. The molecule has 1 aromatic carbocycles. The van der Waals surface area contributed by atoms with E-state index in [1.807, 2.05) is 30.3 Å². The van der Waals surface area contributed by atoms with Gasteiger partial charge in [0.05, 0.1) is 12.2 Å². The van der Waals surface area contributed by atoms with Crippen molar-refractivity contribution in [1.82, 2.24) is 14.7 Å². The molecule has 0 radical (unpaired) electrons. The van der Waals surface area contributed by atoms with E-state index in [4.69, 9.17) is 4.74 Å². The van der Waals surface area contributed by atoms with E-state index < -0.39 is 15.9 Å². The maximum atomic E-state index is 13.1. The maximum absolute atomic E-state index is 13.1. The molecule has 0 aliphatic carbocycles. The van der Waals surface area contributed by atoms with Gasteiger partial charge in [0.1, 0.15) is 5.82 Å². The van der Waals surface area contributed by atoms with E-state index in [1.165, 1.54) is 12.1 Å². The molecule has 1 aliphatic heterocycles. The third-order valence-corrected chi connectivity index (χ3v) is 7.89. The average Bonchev–Trinajstić information content (AvgIpc) is 3.11. The fourth-order valence-electron chi connectivity index (χ4n) is 4.17. The first-order valence-corrected chi connectivity index (χ1v) is 13.1. The topological polar surface area (TPSA) is 101 Å². The lowest BCUT2D eigenvalue weighted by atomic mass is 9.90. The van der Waals surface area contributed by atoms with Crippen LogP contribution in [0.25, 0.3) is 0 Å². The summed E-state index contributed by atoms with van der Waals surface area (Å²) in [6.45, 7) is 7.45. The number of amides is 1. The molecule has 1 fully saturated rings. The van der Waals surface area contributed by atoms with Crippen molar-refractivity contribution in [2.24, 2.45) is 5.92 Å². The summed E-state index contributed by atoms with van der Waals surface area (Å²) >= 11 is 0. The first-order valence-electron chi connectivity index (χ1n) is 11.6. The number of benzene rings is 1. The highest BCUT2D eigenvalue weighted by Gasteiger charge is 2.40. The van der Waals surface area contributed by atoms with Crippen molar-refractivity contribution in [3.05, 3.63) is 78.0 Å². The van der Waals surface area contributed by atoms with E-state index in [-0.39, 0.29) is 22.0 Å². The Kier molecular flexibility index (Phi) is 7.07. The molecular formula is C26H30N4O4S. The second-order valence-corrected chi connectivity index (χ2v) is 10.8. The van der Waals surface area contributed by atoms with Crippen LogP contribution in [0, 0.1) is 5.92 Å². The molecule has 4 rings (SSSR count). The summed E-state index contributed by atoms with van der Waals surface area (Å²) in [5, 5.41) is -0.288. The Bertz CT molecular complexity index is 1300. The summed E-state index contributed by atoms with van der Waals surface area (Å²) in [5.74, 6) is 0.297. The lowest BCUT2D eigenvalue weighted by Crippen LogP contribution is -2.43. The molecule has 0 spiro atoms. The first kappa shape index (κ1) is 24.7. The quantitative estimate of drug-likeness (QED) is 0.508. The largest absolute Gasteiger partial charge is 0.477 e. The molecule has 3 aromatic rings. The molecule has 184 valence electrons. The molecule has 2 aromatic heterocycles. The highest BCUT2D eigenvalue weighted by molar-refractivity contribution is 7.90. The van der Waals surface area contributed by atoms with Gasteiger partial charge in [-0.15, -0.1) is 0 Å². The molecule has 0 saturated carbocycles. The Morgan fingerprint density at radius 3 is 2.60 bits per heavy atom. The average molecular weight is 495 g/mol. The van der Waals surface area contributed by atoms with Crippen molar-refractivity contribution in [2.45, 2.75) is 44.2 Å². The van der Waals surface area contributed by atoms with E-state index in [1.54, 1.807) is 24.4 Å². The van der Waals surface area contributed by atoms with Crippen LogP contribution in [0.2, 0.25) is 0 Å². The smallest absolute Gasteiger partial charge is 0.281 e. The van der Waals surface area contributed by atoms with E-state index in [2.05, 4.69) is 40.4 Å². The number of nitrogens with one attached hydrogen (secondary N) is 1. The minimum atomic E-state index is -4.22. The highest BCUT2D eigenvalue weighted by atomic mass is 32.2. The molecule has 1 aliphatic rings. The molecule has 0 bridgehead atoms. The summed E-state index contributed by atoms with van der Waals surface area (Å²) in [4.78, 5) is 23.7. The zero-order valence-electron chi connectivity index (χ0n) is 20.1. The summed E-state index contributed by atoms with van der Waals surface area (Å²) in [6, 6.07) is 17.5. The number of ether oxygens (including phenoxy) is 1. The van der Waals surface area contributed by atoms with Gasteiger partial charge in [-0.1, -0.05) is 43.3 Å². The van der Waals surface area contributed by atoms with Crippen molar-refractivity contribution < 1.29 is 17.9 Å². The normalized spacial score (nSPS) is 17.2. The van der Waals surface area contributed by atoms with E-state index >= 15 is 0 Å². The molecule has 8 nitrogen and oxygen atoms in total. The zero-order valence-corrected chi connectivity index (χ0v) is 21.0. The summed E-state index contributed by atoms with van der Waals surface area (Å²) in [6.07, 6.45) is 3.23. The van der Waals surface area contributed by atoms with Gasteiger partial charge >= 0.3 is 0 Å². The second kappa shape index (κ2) is 10.0.